The van der Waals surface area contributed by atoms with Gasteiger partial charge in [0.05, 0.1) is 6.10 Å². The summed E-state index contributed by atoms with van der Waals surface area (Å²) in [5.74, 6) is -0.703. The van der Waals surface area contributed by atoms with Gasteiger partial charge in [-0.15, -0.1) is 0 Å². The molecule has 0 fully saturated rings. The Morgan fingerprint density at radius 1 is 1.37 bits per heavy atom. The molecule has 0 aliphatic heterocycles. The van der Waals surface area contributed by atoms with Crippen LogP contribution in [0.4, 0.5) is 0 Å². The van der Waals surface area contributed by atoms with Gasteiger partial charge in [0.25, 0.3) is 0 Å². The third-order valence-corrected chi connectivity index (χ3v) is 2.48. The second kappa shape index (κ2) is 7.33. The summed E-state index contributed by atoms with van der Waals surface area (Å²) >= 11 is 0. The molecule has 1 atom stereocenters. The van der Waals surface area contributed by atoms with Crippen LogP contribution in [0.5, 0.6) is 0 Å². The number of aliphatic hydroxyl groups excluding tert-OH is 1. The lowest BCUT2D eigenvalue weighted by atomic mass is 10.1. The van der Waals surface area contributed by atoms with Crippen molar-refractivity contribution in [2.24, 2.45) is 5.73 Å². The zero-order valence-electron chi connectivity index (χ0n) is 10.8. The van der Waals surface area contributed by atoms with E-state index in [0.717, 1.165) is 5.56 Å². The van der Waals surface area contributed by atoms with Gasteiger partial charge in [-0.25, -0.2) is 0 Å². The van der Waals surface area contributed by atoms with Crippen molar-refractivity contribution in [3.05, 3.63) is 41.5 Å². The van der Waals surface area contributed by atoms with Crippen molar-refractivity contribution in [1.29, 1.82) is 0 Å². The van der Waals surface area contributed by atoms with E-state index in [2.05, 4.69) is 5.32 Å². The summed E-state index contributed by atoms with van der Waals surface area (Å²) in [5, 5.41) is 11.7. The third kappa shape index (κ3) is 5.83. The van der Waals surface area contributed by atoms with Gasteiger partial charge in [-0.3, -0.25) is 9.59 Å². The minimum atomic E-state index is -0.480. The van der Waals surface area contributed by atoms with Crippen molar-refractivity contribution in [3.63, 3.8) is 0 Å². The van der Waals surface area contributed by atoms with E-state index in [-0.39, 0.29) is 5.91 Å². The van der Waals surface area contributed by atoms with E-state index < -0.39 is 12.0 Å². The number of amides is 2. The van der Waals surface area contributed by atoms with Crippen molar-refractivity contribution in [1.82, 2.24) is 5.32 Å². The molecule has 0 radical (unpaired) electrons. The van der Waals surface area contributed by atoms with Crippen LogP contribution in [-0.2, 0) is 4.79 Å². The molecule has 0 aliphatic rings. The van der Waals surface area contributed by atoms with Gasteiger partial charge in [0.15, 0.2) is 0 Å². The quantitative estimate of drug-likeness (QED) is 0.658. The molecule has 0 spiro atoms. The predicted molar refractivity (Wildman–Crippen MR) is 73.3 cm³/mol. The molecule has 1 aromatic rings. The fourth-order valence-corrected chi connectivity index (χ4v) is 1.39. The Hall–Kier alpha value is -2.14. The first-order valence-corrected chi connectivity index (χ1v) is 6.03. The molecule has 2 amide bonds. The van der Waals surface area contributed by atoms with Gasteiger partial charge in [0, 0.05) is 18.2 Å². The maximum atomic E-state index is 11.4. The standard InChI is InChI=1S/C14H18N2O3/c1-10(17)8-9-16-13(18)7-4-11-2-5-12(6-3-11)14(15)19/h2-7,10,17H,8-9H2,1H3,(H2,15,19)(H,16,18). The fourth-order valence-electron chi connectivity index (χ4n) is 1.39. The summed E-state index contributed by atoms with van der Waals surface area (Å²) in [6.45, 7) is 2.10. The molecule has 1 rings (SSSR count). The molecule has 0 aromatic heterocycles. The summed E-state index contributed by atoms with van der Waals surface area (Å²) in [6, 6.07) is 6.63. The van der Waals surface area contributed by atoms with Crippen molar-refractivity contribution in [2.75, 3.05) is 6.54 Å². The Bertz CT molecular complexity index is 464. The molecule has 102 valence electrons. The minimum Gasteiger partial charge on any atom is -0.393 e. The first-order chi connectivity index (χ1) is 8.99. The molecular weight excluding hydrogens is 244 g/mol. The van der Waals surface area contributed by atoms with Gasteiger partial charge in [-0.1, -0.05) is 12.1 Å². The Balaban J connectivity index is 2.47. The molecule has 0 saturated heterocycles. The van der Waals surface area contributed by atoms with E-state index >= 15 is 0 Å². The summed E-state index contributed by atoms with van der Waals surface area (Å²) in [6.07, 6.45) is 3.14. The van der Waals surface area contributed by atoms with Crippen LogP contribution >= 0.6 is 0 Å². The number of rotatable bonds is 6. The van der Waals surface area contributed by atoms with Crippen molar-refractivity contribution >= 4 is 17.9 Å². The third-order valence-electron chi connectivity index (χ3n) is 2.48. The molecular formula is C14H18N2O3. The van der Waals surface area contributed by atoms with Gasteiger partial charge >= 0.3 is 0 Å². The van der Waals surface area contributed by atoms with Crippen molar-refractivity contribution < 1.29 is 14.7 Å². The number of nitrogens with two attached hydrogens (primary N) is 1. The second-order valence-electron chi connectivity index (χ2n) is 4.25. The Morgan fingerprint density at radius 3 is 2.53 bits per heavy atom. The van der Waals surface area contributed by atoms with Crippen molar-refractivity contribution in [3.8, 4) is 0 Å². The molecule has 1 unspecified atom stereocenters. The SMILES string of the molecule is CC(O)CCNC(=O)C=Cc1ccc(C(N)=O)cc1. The van der Waals surface area contributed by atoms with Gasteiger partial charge in [-0.2, -0.15) is 0 Å². The van der Waals surface area contributed by atoms with Crippen LogP contribution in [0.2, 0.25) is 0 Å². The molecule has 19 heavy (non-hydrogen) atoms. The maximum absolute atomic E-state index is 11.4. The molecule has 0 aliphatic carbocycles. The summed E-state index contributed by atoms with van der Waals surface area (Å²) < 4.78 is 0. The number of primary amides is 1. The topological polar surface area (TPSA) is 92.4 Å². The van der Waals surface area contributed by atoms with E-state index in [4.69, 9.17) is 10.8 Å². The van der Waals surface area contributed by atoms with E-state index in [9.17, 15) is 9.59 Å². The predicted octanol–water partition coefficient (Wildman–Crippen LogP) is 0.686. The Morgan fingerprint density at radius 2 is 2.00 bits per heavy atom. The zero-order valence-corrected chi connectivity index (χ0v) is 10.8. The Labute approximate surface area is 112 Å². The van der Waals surface area contributed by atoms with E-state index in [1.54, 1.807) is 37.3 Å². The number of hydrogen-bond donors (Lipinski definition) is 3. The number of hydrogen-bond acceptors (Lipinski definition) is 3. The highest BCUT2D eigenvalue weighted by Gasteiger charge is 1.99. The smallest absolute Gasteiger partial charge is 0.248 e. The number of nitrogens with one attached hydrogen (secondary N) is 1. The zero-order chi connectivity index (χ0) is 14.3. The molecule has 5 nitrogen and oxygen atoms in total. The first-order valence-electron chi connectivity index (χ1n) is 6.03. The van der Waals surface area contributed by atoms with Crippen LogP contribution < -0.4 is 11.1 Å². The van der Waals surface area contributed by atoms with Crippen LogP contribution in [-0.4, -0.2) is 29.6 Å². The van der Waals surface area contributed by atoms with Crippen LogP contribution in [0.15, 0.2) is 30.3 Å². The molecule has 5 heteroatoms. The monoisotopic (exact) mass is 262 g/mol. The number of benzene rings is 1. The molecule has 1 aromatic carbocycles. The largest absolute Gasteiger partial charge is 0.393 e. The number of aliphatic hydroxyl groups is 1. The highest BCUT2D eigenvalue weighted by Crippen LogP contribution is 2.05. The molecule has 0 heterocycles. The normalized spacial score (nSPS) is 12.3. The molecule has 0 bridgehead atoms. The maximum Gasteiger partial charge on any atom is 0.248 e. The van der Waals surface area contributed by atoms with Gasteiger partial charge in [0.2, 0.25) is 11.8 Å². The van der Waals surface area contributed by atoms with E-state index in [0.29, 0.717) is 18.5 Å². The average molecular weight is 262 g/mol. The van der Waals surface area contributed by atoms with Crippen molar-refractivity contribution in [2.45, 2.75) is 19.4 Å². The van der Waals surface area contributed by atoms with Gasteiger partial charge < -0.3 is 16.2 Å². The van der Waals surface area contributed by atoms with Crippen LogP contribution in [0.3, 0.4) is 0 Å². The van der Waals surface area contributed by atoms with Crippen LogP contribution in [0.1, 0.15) is 29.3 Å². The first kappa shape index (κ1) is 14.9. The van der Waals surface area contributed by atoms with E-state index in [1.807, 2.05) is 0 Å². The molecule has 4 N–H and O–H groups in total. The highest BCUT2D eigenvalue weighted by atomic mass is 16.3. The van der Waals surface area contributed by atoms with Gasteiger partial charge in [0.1, 0.15) is 0 Å². The van der Waals surface area contributed by atoms with Gasteiger partial charge in [-0.05, 0) is 37.1 Å². The average Bonchev–Trinajstić information content (AvgIpc) is 2.36. The number of carbonyl (C=O) groups excluding carboxylic acids is 2. The fraction of sp³-hybridized carbons (Fsp3) is 0.286. The lowest BCUT2D eigenvalue weighted by Gasteiger charge is -2.04. The lowest BCUT2D eigenvalue weighted by molar-refractivity contribution is -0.116. The Kier molecular flexibility index (Phi) is 5.75. The van der Waals surface area contributed by atoms with E-state index in [1.165, 1.54) is 6.08 Å². The lowest BCUT2D eigenvalue weighted by Crippen LogP contribution is -2.24. The highest BCUT2D eigenvalue weighted by molar-refractivity contribution is 5.94. The van der Waals surface area contributed by atoms with Crippen LogP contribution in [0.25, 0.3) is 6.08 Å². The number of carbonyl (C=O) groups is 2. The summed E-state index contributed by atoms with van der Waals surface area (Å²) in [5.41, 5.74) is 6.35. The summed E-state index contributed by atoms with van der Waals surface area (Å²) in [7, 11) is 0. The summed E-state index contributed by atoms with van der Waals surface area (Å²) in [4.78, 5) is 22.3. The second-order valence-corrected chi connectivity index (χ2v) is 4.25. The minimum absolute atomic E-state index is 0.223. The molecule has 0 saturated carbocycles. The van der Waals surface area contributed by atoms with Crippen LogP contribution in [0, 0.1) is 0 Å².